The largest absolute Gasteiger partial charge is 0.350 e. The number of nitrogens with zero attached hydrogens (tertiary/aromatic N) is 5. The maximum absolute atomic E-state index is 13.1. The van der Waals surface area contributed by atoms with Crippen LogP contribution >= 0.6 is 11.3 Å². The first-order chi connectivity index (χ1) is 15.1. The molecule has 2 aliphatic rings. The molecule has 0 aliphatic carbocycles. The number of pyridine rings is 1. The van der Waals surface area contributed by atoms with E-state index in [4.69, 9.17) is 0 Å². The van der Waals surface area contributed by atoms with E-state index >= 15 is 0 Å². The molecule has 9 heteroatoms. The van der Waals surface area contributed by atoms with E-state index in [0.717, 1.165) is 37.4 Å². The normalized spacial score (nSPS) is 20.4. The molecule has 162 valence electrons. The Morgan fingerprint density at radius 3 is 2.94 bits per heavy atom. The predicted octanol–water partition coefficient (Wildman–Crippen LogP) is 1.86. The van der Waals surface area contributed by atoms with Gasteiger partial charge >= 0.3 is 0 Å². The molecule has 0 spiro atoms. The highest BCUT2D eigenvalue weighted by molar-refractivity contribution is 7.09. The number of aromatic nitrogens is 4. The minimum atomic E-state index is -0.327. The molecule has 5 heterocycles. The van der Waals surface area contributed by atoms with Crippen molar-refractivity contribution in [3.63, 3.8) is 0 Å². The van der Waals surface area contributed by atoms with Crippen LogP contribution in [0.2, 0.25) is 0 Å². The molecular formula is C22H26N6O2S. The van der Waals surface area contributed by atoms with Crippen LogP contribution in [0.5, 0.6) is 0 Å². The summed E-state index contributed by atoms with van der Waals surface area (Å²) in [6.45, 7) is 6.39. The van der Waals surface area contributed by atoms with Crippen LogP contribution in [0.15, 0.2) is 40.6 Å². The maximum Gasteiger partial charge on any atom is 0.263 e. The second kappa shape index (κ2) is 8.39. The molecule has 1 amide bonds. The van der Waals surface area contributed by atoms with Crippen molar-refractivity contribution in [3.05, 3.63) is 68.0 Å². The number of piperidine rings is 1. The first kappa shape index (κ1) is 20.1. The average Bonchev–Trinajstić information content (AvgIpc) is 3.40. The third-order valence-electron chi connectivity index (χ3n) is 6.16. The minimum absolute atomic E-state index is 0.173. The molecule has 0 aromatic carbocycles. The Labute approximate surface area is 184 Å². The fourth-order valence-corrected chi connectivity index (χ4v) is 5.60. The number of thiophene rings is 1. The lowest BCUT2D eigenvalue weighted by Gasteiger charge is -2.42. The molecule has 1 saturated heterocycles. The van der Waals surface area contributed by atoms with Crippen molar-refractivity contribution in [3.8, 4) is 0 Å². The van der Waals surface area contributed by atoms with E-state index in [1.807, 2.05) is 23.8 Å². The highest BCUT2D eigenvalue weighted by atomic mass is 32.1. The average molecular weight is 439 g/mol. The minimum Gasteiger partial charge on any atom is -0.350 e. The van der Waals surface area contributed by atoms with Crippen molar-refractivity contribution < 1.29 is 4.79 Å². The Morgan fingerprint density at radius 2 is 2.16 bits per heavy atom. The van der Waals surface area contributed by atoms with Crippen LogP contribution in [0.1, 0.15) is 39.0 Å². The summed E-state index contributed by atoms with van der Waals surface area (Å²) < 4.78 is 3.52. The van der Waals surface area contributed by atoms with Gasteiger partial charge in [0.2, 0.25) is 0 Å². The number of fused-ring (bicyclic) bond motifs is 4. The number of nitrogens with one attached hydrogen (secondary N) is 1. The molecule has 2 aliphatic heterocycles. The van der Waals surface area contributed by atoms with E-state index in [-0.39, 0.29) is 17.0 Å². The fourth-order valence-electron chi connectivity index (χ4n) is 4.85. The predicted molar refractivity (Wildman–Crippen MR) is 118 cm³/mol. The zero-order valence-corrected chi connectivity index (χ0v) is 18.3. The zero-order valence-electron chi connectivity index (χ0n) is 17.5. The zero-order chi connectivity index (χ0) is 21.4. The highest BCUT2D eigenvalue weighted by Crippen LogP contribution is 2.35. The quantitative estimate of drug-likeness (QED) is 0.635. The summed E-state index contributed by atoms with van der Waals surface area (Å²) in [6.07, 6.45) is 2.93. The number of hydrogen-bond acceptors (Lipinski definition) is 6. The summed E-state index contributed by atoms with van der Waals surface area (Å²) in [5, 5.41) is 12.9. The number of likely N-dealkylation sites (tertiary alicyclic amines) is 1. The van der Waals surface area contributed by atoms with Crippen LogP contribution in [0.3, 0.4) is 0 Å². The molecule has 0 radical (unpaired) electrons. The van der Waals surface area contributed by atoms with Crippen LogP contribution in [0, 0.1) is 12.8 Å². The van der Waals surface area contributed by atoms with Gasteiger partial charge in [-0.2, -0.15) is 0 Å². The van der Waals surface area contributed by atoms with E-state index in [9.17, 15) is 9.59 Å². The molecule has 31 heavy (non-hydrogen) atoms. The number of rotatable bonds is 6. The van der Waals surface area contributed by atoms with Crippen LogP contribution in [0.4, 0.5) is 0 Å². The van der Waals surface area contributed by atoms with E-state index in [2.05, 4.69) is 38.0 Å². The van der Waals surface area contributed by atoms with Crippen molar-refractivity contribution in [2.75, 3.05) is 19.6 Å². The van der Waals surface area contributed by atoms with Gasteiger partial charge in [0.15, 0.2) is 0 Å². The van der Waals surface area contributed by atoms with Crippen molar-refractivity contribution in [1.29, 1.82) is 0 Å². The number of aryl methyl sites for hydroxylation is 1. The lowest BCUT2D eigenvalue weighted by atomic mass is 9.83. The highest BCUT2D eigenvalue weighted by Gasteiger charge is 2.35. The van der Waals surface area contributed by atoms with Gasteiger partial charge in [-0.3, -0.25) is 19.2 Å². The smallest absolute Gasteiger partial charge is 0.263 e. The third-order valence-corrected chi connectivity index (χ3v) is 7.02. The molecule has 0 unspecified atom stereocenters. The lowest BCUT2D eigenvalue weighted by molar-refractivity contribution is 0.0945. The van der Waals surface area contributed by atoms with Gasteiger partial charge < -0.3 is 9.88 Å². The standard InChI is InChI=1S/C22H26N6O2S/c1-15-10-27(25-24-15)7-6-23-21(29)19-4-5-20-17-9-16(12-28(20)22(19)30)11-26(13-17)14-18-3-2-8-31-18/h2-5,8,10,16-17H,6-7,9,11-14H2,1H3,(H,23,29)/t16-,17+/m0/s1. The Morgan fingerprint density at radius 1 is 1.26 bits per heavy atom. The topological polar surface area (TPSA) is 85.0 Å². The van der Waals surface area contributed by atoms with Gasteiger partial charge in [0, 0.05) is 55.4 Å². The van der Waals surface area contributed by atoms with E-state index in [1.54, 1.807) is 22.1 Å². The van der Waals surface area contributed by atoms with Crippen LogP contribution in [0.25, 0.3) is 0 Å². The molecule has 5 rings (SSSR count). The summed E-state index contributed by atoms with van der Waals surface area (Å²) in [7, 11) is 0. The Hall–Kier alpha value is -2.78. The van der Waals surface area contributed by atoms with Crippen molar-refractivity contribution in [1.82, 2.24) is 29.8 Å². The number of carbonyl (C=O) groups excluding carboxylic acids is 1. The fraction of sp³-hybridized carbons (Fsp3) is 0.455. The van der Waals surface area contributed by atoms with E-state index < -0.39 is 0 Å². The van der Waals surface area contributed by atoms with Crippen molar-refractivity contribution in [2.45, 2.75) is 38.9 Å². The van der Waals surface area contributed by atoms with Crippen molar-refractivity contribution >= 4 is 17.2 Å². The van der Waals surface area contributed by atoms with Crippen molar-refractivity contribution in [2.24, 2.45) is 5.92 Å². The second-order valence-electron chi connectivity index (χ2n) is 8.54. The third kappa shape index (κ3) is 4.20. The Kier molecular flexibility index (Phi) is 5.45. The molecule has 1 N–H and O–H groups in total. The van der Waals surface area contributed by atoms with Gasteiger partial charge in [0.05, 0.1) is 12.2 Å². The molecule has 0 saturated carbocycles. The van der Waals surface area contributed by atoms with Crippen LogP contribution in [-0.2, 0) is 19.6 Å². The molecule has 3 aromatic heterocycles. The SMILES string of the molecule is Cc1cn(CCNC(=O)c2ccc3n(c2=O)C[C@H]2C[C@@H]3CN(Cc3cccs3)C2)nn1. The van der Waals surface area contributed by atoms with E-state index in [0.29, 0.717) is 31.5 Å². The van der Waals surface area contributed by atoms with Gasteiger partial charge in [-0.1, -0.05) is 11.3 Å². The van der Waals surface area contributed by atoms with Gasteiger partial charge in [0.25, 0.3) is 11.5 Å². The summed E-state index contributed by atoms with van der Waals surface area (Å²) in [5.41, 5.74) is 1.94. The second-order valence-corrected chi connectivity index (χ2v) is 9.57. The van der Waals surface area contributed by atoms with Crippen LogP contribution in [-0.4, -0.2) is 50.0 Å². The number of amides is 1. The molecule has 1 fully saturated rings. The van der Waals surface area contributed by atoms with Gasteiger partial charge in [-0.25, -0.2) is 0 Å². The van der Waals surface area contributed by atoms with Crippen LogP contribution < -0.4 is 10.9 Å². The molecule has 2 bridgehead atoms. The summed E-state index contributed by atoms with van der Waals surface area (Å²) in [6, 6.07) is 7.95. The van der Waals surface area contributed by atoms with Gasteiger partial charge in [0.1, 0.15) is 5.56 Å². The molecule has 8 nitrogen and oxygen atoms in total. The van der Waals surface area contributed by atoms with Gasteiger partial charge in [-0.05, 0) is 42.8 Å². The Balaban J connectivity index is 1.27. The monoisotopic (exact) mass is 438 g/mol. The number of hydrogen-bond donors (Lipinski definition) is 1. The first-order valence-corrected chi connectivity index (χ1v) is 11.6. The summed E-state index contributed by atoms with van der Waals surface area (Å²) in [4.78, 5) is 29.7. The molecule has 3 aromatic rings. The lowest BCUT2D eigenvalue weighted by Crippen LogP contribution is -2.47. The summed E-state index contributed by atoms with van der Waals surface area (Å²) in [5.74, 6) is 0.456. The first-order valence-electron chi connectivity index (χ1n) is 10.7. The Bertz CT molecular complexity index is 1140. The maximum atomic E-state index is 13.1. The molecular weight excluding hydrogens is 412 g/mol. The van der Waals surface area contributed by atoms with E-state index in [1.165, 1.54) is 4.88 Å². The molecule has 2 atom stereocenters. The number of carbonyl (C=O) groups is 1. The van der Waals surface area contributed by atoms with Gasteiger partial charge in [-0.15, -0.1) is 16.4 Å². The summed E-state index contributed by atoms with van der Waals surface area (Å²) >= 11 is 1.79.